The summed E-state index contributed by atoms with van der Waals surface area (Å²) in [5, 5.41) is 19.6. The zero-order chi connectivity index (χ0) is 16.1. The largest absolute Gasteiger partial charge is 0.478 e. The average Bonchev–Trinajstić information content (AvgIpc) is 2.50. The summed E-state index contributed by atoms with van der Waals surface area (Å²) in [6, 6.07) is 7.76. The van der Waals surface area contributed by atoms with Crippen molar-refractivity contribution in [1.82, 2.24) is 0 Å². The van der Waals surface area contributed by atoms with Crippen LogP contribution in [0.1, 0.15) is 52.5 Å². The fourth-order valence-electron chi connectivity index (χ4n) is 2.27. The van der Waals surface area contributed by atoms with Crippen LogP contribution >= 0.6 is 0 Å². The van der Waals surface area contributed by atoms with Crippen molar-refractivity contribution in [3.8, 4) is 11.8 Å². The lowest BCUT2D eigenvalue weighted by atomic mass is 9.96. The standard InChI is InChI=1S/C18H16O4/c1-2-3-4-5-7-13-12-8-6-9-15(17(19)20)14(12)10-11-16(13)18(21)22/h6,8-11H,2-4H2,1H3,(H,19,20)(H,21,22). The Morgan fingerprint density at radius 3 is 2.36 bits per heavy atom. The van der Waals surface area contributed by atoms with Crippen LogP contribution in [0.2, 0.25) is 0 Å². The third-order valence-corrected chi connectivity index (χ3v) is 3.39. The molecule has 0 saturated carbocycles. The fourth-order valence-corrected chi connectivity index (χ4v) is 2.27. The second-order valence-electron chi connectivity index (χ2n) is 4.90. The van der Waals surface area contributed by atoms with Gasteiger partial charge in [0.15, 0.2) is 0 Å². The molecule has 2 aromatic rings. The lowest BCUT2D eigenvalue weighted by molar-refractivity contribution is 0.0688. The average molecular weight is 296 g/mol. The van der Waals surface area contributed by atoms with Gasteiger partial charge in [0.1, 0.15) is 0 Å². The van der Waals surface area contributed by atoms with Gasteiger partial charge in [0.05, 0.1) is 11.1 Å². The van der Waals surface area contributed by atoms with E-state index in [1.165, 1.54) is 18.2 Å². The Kier molecular flexibility index (Phi) is 4.80. The lowest BCUT2D eigenvalue weighted by Gasteiger charge is -2.07. The summed E-state index contributed by atoms with van der Waals surface area (Å²) < 4.78 is 0. The zero-order valence-electron chi connectivity index (χ0n) is 12.2. The Labute approximate surface area is 128 Å². The van der Waals surface area contributed by atoms with Gasteiger partial charge < -0.3 is 10.2 Å². The lowest BCUT2D eigenvalue weighted by Crippen LogP contribution is -2.03. The Hall–Kier alpha value is -2.80. The van der Waals surface area contributed by atoms with E-state index in [0.29, 0.717) is 22.8 Å². The summed E-state index contributed by atoms with van der Waals surface area (Å²) in [6.07, 6.45) is 2.64. The van der Waals surface area contributed by atoms with E-state index in [2.05, 4.69) is 18.8 Å². The van der Waals surface area contributed by atoms with E-state index >= 15 is 0 Å². The van der Waals surface area contributed by atoms with Crippen LogP contribution in [-0.4, -0.2) is 22.2 Å². The summed E-state index contributed by atoms with van der Waals surface area (Å²) in [6.45, 7) is 2.06. The van der Waals surface area contributed by atoms with E-state index < -0.39 is 11.9 Å². The number of hydrogen-bond donors (Lipinski definition) is 2. The first-order chi connectivity index (χ1) is 10.6. The molecule has 2 aromatic carbocycles. The summed E-state index contributed by atoms with van der Waals surface area (Å²) in [5.41, 5.74) is 0.620. The molecule has 22 heavy (non-hydrogen) atoms. The summed E-state index contributed by atoms with van der Waals surface area (Å²) >= 11 is 0. The molecule has 112 valence electrons. The number of rotatable bonds is 4. The van der Waals surface area contributed by atoms with E-state index in [9.17, 15) is 19.8 Å². The SMILES string of the molecule is CCCCC#Cc1c(C(=O)O)ccc2c(C(=O)O)cccc12. The van der Waals surface area contributed by atoms with Crippen molar-refractivity contribution < 1.29 is 19.8 Å². The van der Waals surface area contributed by atoms with E-state index in [1.807, 2.05) is 0 Å². The highest BCUT2D eigenvalue weighted by molar-refractivity contribution is 6.08. The molecule has 0 unspecified atom stereocenters. The number of carboxylic acid groups (broad SMARTS) is 2. The molecule has 0 saturated heterocycles. The quantitative estimate of drug-likeness (QED) is 0.665. The molecule has 2 rings (SSSR count). The van der Waals surface area contributed by atoms with Crippen LogP contribution in [-0.2, 0) is 0 Å². The number of benzene rings is 2. The molecule has 0 aliphatic heterocycles. The predicted octanol–water partition coefficient (Wildman–Crippen LogP) is 3.78. The molecule has 0 radical (unpaired) electrons. The number of fused-ring (bicyclic) bond motifs is 1. The first kappa shape index (κ1) is 15.6. The van der Waals surface area contributed by atoms with E-state index in [1.54, 1.807) is 12.1 Å². The molecule has 0 amide bonds. The Bertz CT molecular complexity index is 794. The van der Waals surface area contributed by atoms with Crippen LogP contribution in [0.5, 0.6) is 0 Å². The number of unbranched alkanes of at least 4 members (excludes halogenated alkanes) is 2. The number of hydrogen-bond acceptors (Lipinski definition) is 2. The van der Waals surface area contributed by atoms with Gasteiger partial charge in [-0.25, -0.2) is 9.59 Å². The zero-order valence-corrected chi connectivity index (χ0v) is 12.2. The van der Waals surface area contributed by atoms with E-state index in [-0.39, 0.29) is 11.1 Å². The maximum atomic E-state index is 11.4. The fraction of sp³-hybridized carbons (Fsp3) is 0.222. The first-order valence-electron chi connectivity index (χ1n) is 7.07. The molecule has 0 aliphatic carbocycles. The van der Waals surface area contributed by atoms with Crippen LogP contribution in [0.15, 0.2) is 30.3 Å². The predicted molar refractivity (Wildman–Crippen MR) is 84.3 cm³/mol. The molecular formula is C18H16O4. The third-order valence-electron chi connectivity index (χ3n) is 3.39. The molecule has 0 bridgehead atoms. The molecule has 0 spiro atoms. The first-order valence-corrected chi connectivity index (χ1v) is 7.07. The van der Waals surface area contributed by atoms with Gasteiger partial charge >= 0.3 is 11.9 Å². The maximum absolute atomic E-state index is 11.4. The molecule has 2 N–H and O–H groups in total. The number of carbonyl (C=O) groups is 2. The van der Waals surface area contributed by atoms with Gasteiger partial charge in [0.25, 0.3) is 0 Å². The van der Waals surface area contributed by atoms with Crippen molar-refractivity contribution in [1.29, 1.82) is 0 Å². The number of carboxylic acids is 2. The van der Waals surface area contributed by atoms with Gasteiger partial charge in [-0.05, 0) is 29.3 Å². The van der Waals surface area contributed by atoms with Gasteiger partial charge in [-0.1, -0.05) is 43.4 Å². The van der Waals surface area contributed by atoms with Crippen molar-refractivity contribution in [2.75, 3.05) is 0 Å². The van der Waals surface area contributed by atoms with Crippen LogP contribution < -0.4 is 0 Å². The molecule has 0 aromatic heterocycles. The normalized spacial score (nSPS) is 10.0. The molecule has 0 fully saturated rings. The van der Waals surface area contributed by atoms with Gasteiger partial charge in [-0.15, -0.1) is 0 Å². The molecule has 0 heterocycles. The van der Waals surface area contributed by atoms with Crippen molar-refractivity contribution in [3.63, 3.8) is 0 Å². The maximum Gasteiger partial charge on any atom is 0.336 e. The minimum absolute atomic E-state index is 0.0963. The Morgan fingerprint density at radius 2 is 1.73 bits per heavy atom. The third kappa shape index (κ3) is 3.09. The van der Waals surface area contributed by atoms with Crippen molar-refractivity contribution in [2.45, 2.75) is 26.2 Å². The minimum Gasteiger partial charge on any atom is -0.478 e. The van der Waals surface area contributed by atoms with E-state index in [0.717, 1.165) is 12.8 Å². The second kappa shape index (κ2) is 6.77. The highest BCUT2D eigenvalue weighted by Crippen LogP contribution is 2.25. The summed E-state index contributed by atoms with van der Waals surface area (Å²) in [7, 11) is 0. The van der Waals surface area contributed by atoms with Crippen LogP contribution in [0, 0.1) is 11.8 Å². The van der Waals surface area contributed by atoms with Crippen LogP contribution in [0.4, 0.5) is 0 Å². The van der Waals surface area contributed by atoms with Gasteiger partial charge in [0, 0.05) is 12.0 Å². The molecular weight excluding hydrogens is 280 g/mol. The minimum atomic E-state index is -1.07. The Balaban J connectivity index is 2.69. The monoisotopic (exact) mass is 296 g/mol. The van der Waals surface area contributed by atoms with Gasteiger partial charge in [0.2, 0.25) is 0 Å². The summed E-state index contributed by atoms with van der Waals surface area (Å²) in [5.74, 6) is 3.78. The van der Waals surface area contributed by atoms with Crippen molar-refractivity contribution in [3.05, 3.63) is 47.0 Å². The van der Waals surface area contributed by atoms with Crippen molar-refractivity contribution >= 4 is 22.7 Å². The smallest absolute Gasteiger partial charge is 0.336 e. The van der Waals surface area contributed by atoms with Crippen LogP contribution in [0.25, 0.3) is 10.8 Å². The highest BCUT2D eigenvalue weighted by Gasteiger charge is 2.15. The topological polar surface area (TPSA) is 74.6 Å². The molecule has 4 nitrogen and oxygen atoms in total. The second-order valence-corrected chi connectivity index (χ2v) is 4.90. The van der Waals surface area contributed by atoms with Crippen molar-refractivity contribution in [2.24, 2.45) is 0 Å². The van der Waals surface area contributed by atoms with Gasteiger partial charge in [-0.3, -0.25) is 0 Å². The summed E-state index contributed by atoms with van der Waals surface area (Å²) in [4.78, 5) is 22.7. The molecule has 0 aliphatic rings. The highest BCUT2D eigenvalue weighted by atomic mass is 16.4. The number of aromatic carboxylic acids is 2. The molecule has 4 heteroatoms. The molecule has 0 atom stereocenters. The Morgan fingerprint density at radius 1 is 1.00 bits per heavy atom. The van der Waals surface area contributed by atoms with E-state index in [4.69, 9.17) is 0 Å². The van der Waals surface area contributed by atoms with Gasteiger partial charge in [-0.2, -0.15) is 0 Å². The van der Waals surface area contributed by atoms with Crippen LogP contribution in [0.3, 0.4) is 0 Å².